The van der Waals surface area contributed by atoms with Crippen LogP contribution in [0.1, 0.15) is 19.4 Å². The van der Waals surface area contributed by atoms with Crippen molar-refractivity contribution < 1.29 is 4.79 Å². The van der Waals surface area contributed by atoms with Crippen molar-refractivity contribution in [3.63, 3.8) is 0 Å². The summed E-state index contributed by atoms with van der Waals surface area (Å²) >= 11 is 0. The van der Waals surface area contributed by atoms with Gasteiger partial charge in [-0.15, -0.1) is 0 Å². The number of aryl methyl sites for hydroxylation is 1. The summed E-state index contributed by atoms with van der Waals surface area (Å²) in [4.78, 5) is 11.6. The van der Waals surface area contributed by atoms with Gasteiger partial charge in [-0.1, -0.05) is 0 Å². The zero-order chi connectivity index (χ0) is 13.1. The molecule has 4 heteroatoms. The third kappa shape index (κ3) is 3.66. The van der Waals surface area contributed by atoms with E-state index < -0.39 is 5.41 Å². The molecule has 0 bridgehead atoms. The van der Waals surface area contributed by atoms with Crippen LogP contribution in [-0.4, -0.2) is 19.5 Å². The van der Waals surface area contributed by atoms with Gasteiger partial charge in [-0.3, -0.25) is 4.79 Å². The molecule has 0 atom stereocenters. The molecule has 0 fully saturated rings. The van der Waals surface area contributed by atoms with Crippen molar-refractivity contribution in [1.29, 1.82) is 0 Å². The van der Waals surface area contributed by atoms with Gasteiger partial charge in [0.05, 0.1) is 5.41 Å². The second-order valence-corrected chi connectivity index (χ2v) is 4.95. The van der Waals surface area contributed by atoms with E-state index in [0.717, 1.165) is 16.9 Å². The Morgan fingerprint density at radius 3 is 2.53 bits per heavy atom. The largest absolute Gasteiger partial charge is 0.399 e. The van der Waals surface area contributed by atoms with Crippen LogP contribution in [0.25, 0.3) is 0 Å². The average Bonchev–Trinajstić information content (AvgIpc) is 2.24. The number of nitrogens with two attached hydrogens (primary N) is 1. The summed E-state index contributed by atoms with van der Waals surface area (Å²) in [6, 6.07) is 5.79. The number of rotatable bonds is 4. The average molecular weight is 235 g/mol. The van der Waals surface area contributed by atoms with Gasteiger partial charge in [0.2, 0.25) is 5.91 Å². The Bertz CT molecular complexity index is 393. The van der Waals surface area contributed by atoms with Crippen molar-refractivity contribution in [2.75, 3.05) is 24.6 Å². The molecule has 0 aliphatic carbocycles. The number of benzene rings is 1. The van der Waals surface area contributed by atoms with Crippen molar-refractivity contribution in [3.05, 3.63) is 23.8 Å². The topological polar surface area (TPSA) is 67.2 Å². The molecule has 0 unspecified atom stereocenters. The zero-order valence-electron chi connectivity index (χ0n) is 10.9. The molecule has 4 N–H and O–H groups in total. The smallest absolute Gasteiger partial charge is 0.227 e. The first-order chi connectivity index (χ1) is 7.85. The second-order valence-electron chi connectivity index (χ2n) is 4.95. The van der Waals surface area contributed by atoms with E-state index in [0.29, 0.717) is 6.54 Å². The molecule has 0 radical (unpaired) electrons. The Balaban J connectivity index is 2.70. The third-order valence-corrected chi connectivity index (χ3v) is 2.68. The van der Waals surface area contributed by atoms with Crippen molar-refractivity contribution in [2.45, 2.75) is 20.8 Å². The monoisotopic (exact) mass is 235 g/mol. The number of anilines is 2. The second kappa shape index (κ2) is 5.08. The summed E-state index contributed by atoms with van der Waals surface area (Å²) in [6.45, 7) is 6.36. The molecule has 94 valence electrons. The molecule has 0 saturated carbocycles. The van der Waals surface area contributed by atoms with Gasteiger partial charge in [-0.2, -0.15) is 0 Å². The number of nitrogens with one attached hydrogen (secondary N) is 2. The lowest BCUT2D eigenvalue weighted by molar-refractivity contribution is -0.128. The predicted octanol–water partition coefficient (Wildman–Crippen LogP) is 1.76. The normalized spacial score (nSPS) is 11.1. The minimum Gasteiger partial charge on any atom is -0.399 e. The Morgan fingerprint density at radius 2 is 2.00 bits per heavy atom. The number of nitrogen functional groups attached to an aromatic ring is 1. The first kappa shape index (κ1) is 13.4. The zero-order valence-corrected chi connectivity index (χ0v) is 10.9. The first-order valence-electron chi connectivity index (χ1n) is 5.68. The van der Waals surface area contributed by atoms with Crippen LogP contribution >= 0.6 is 0 Å². The molecule has 0 saturated heterocycles. The SMILES string of the molecule is CNC(=O)C(C)(C)CNc1cc(C)cc(N)c1. The maximum atomic E-state index is 11.6. The fourth-order valence-corrected chi connectivity index (χ4v) is 1.66. The number of hydrogen-bond acceptors (Lipinski definition) is 3. The molecule has 1 aromatic carbocycles. The van der Waals surface area contributed by atoms with E-state index in [9.17, 15) is 4.79 Å². The summed E-state index contributed by atoms with van der Waals surface area (Å²) in [6.07, 6.45) is 0. The lowest BCUT2D eigenvalue weighted by atomic mass is 9.92. The molecule has 1 rings (SSSR count). The number of carbonyl (C=O) groups excluding carboxylic acids is 1. The highest BCUT2D eigenvalue weighted by atomic mass is 16.2. The van der Waals surface area contributed by atoms with Crippen molar-refractivity contribution in [3.8, 4) is 0 Å². The van der Waals surface area contributed by atoms with Gasteiger partial charge in [0.1, 0.15) is 0 Å². The first-order valence-corrected chi connectivity index (χ1v) is 5.68. The maximum Gasteiger partial charge on any atom is 0.227 e. The minimum atomic E-state index is -0.451. The van der Waals surface area contributed by atoms with Crippen LogP contribution in [0.4, 0.5) is 11.4 Å². The van der Waals surface area contributed by atoms with Crippen LogP contribution in [0.15, 0.2) is 18.2 Å². The van der Waals surface area contributed by atoms with E-state index in [2.05, 4.69) is 10.6 Å². The van der Waals surface area contributed by atoms with Crippen molar-refractivity contribution in [2.24, 2.45) is 5.41 Å². The van der Waals surface area contributed by atoms with E-state index in [-0.39, 0.29) is 5.91 Å². The molecular formula is C13H21N3O. The Kier molecular flexibility index (Phi) is 3.99. The Labute approximate surface area is 103 Å². The van der Waals surface area contributed by atoms with Crippen LogP contribution in [0, 0.1) is 12.3 Å². The Morgan fingerprint density at radius 1 is 1.35 bits per heavy atom. The van der Waals surface area contributed by atoms with E-state index in [1.54, 1.807) is 7.05 Å². The standard InChI is InChI=1S/C13H21N3O/c1-9-5-10(14)7-11(6-9)16-8-13(2,3)12(17)15-4/h5-7,16H,8,14H2,1-4H3,(H,15,17). The van der Waals surface area contributed by atoms with Gasteiger partial charge in [0.25, 0.3) is 0 Å². The van der Waals surface area contributed by atoms with Crippen molar-refractivity contribution >= 4 is 17.3 Å². The number of hydrogen-bond donors (Lipinski definition) is 3. The quantitative estimate of drug-likeness (QED) is 0.697. The molecule has 0 aliphatic heterocycles. The highest BCUT2D eigenvalue weighted by Crippen LogP contribution is 2.20. The molecule has 0 aliphatic rings. The number of amides is 1. The Hall–Kier alpha value is -1.71. The summed E-state index contributed by atoms with van der Waals surface area (Å²) in [5, 5.41) is 5.90. The minimum absolute atomic E-state index is 0.0191. The molecule has 1 aromatic rings. The predicted molar refractivity (Wildman–Crippen MR) is 71.9 cm³/mol. The third-order valence-electron chi connectivity index (χ3n) is 2.68. The van der Waals surface area contributed by atoms with Gasteiger partial charge in [-0.25, -0.2) is 0 Å². The van der Waals surface area contributed by atoms with E-state index in [4.69, 9.17) is 5.73 Å². The van der Waals surface area contributed by atoms with Gasteiger partial charge in [-0.05, 0) is 44.5 Å². The van der Waals surface area contributed by atoms with Crippen LogP contribution < -0.4 is 16.4 Å². The summed E-state index contributed by atoms with van der Waals surface area (Å²) in [5.74, 6) is 0.0191. The fraction of sp³-hybridized carbons (Fsp3) is 0.462. The molecular weight excluding hydrogens is 214 g/mol. The summed E-state index contributed by atoms with van der Waals surface area (Å²) in [5.41, 5.74) is 8.09. The fourth-order valence-electron chi connectivity index (χ4n) is 1.66. The van der Waals surface area contributed by atoms with Gasteiger partial charge in [0.15, 0.2) is 0 Å². The van der Waals surface area contributed by atoms with Crippen molar-refractivity contribution in [1.82, 2.24) is 5.32 Å². The number of carbonyl (C=O) groups is 1. The molecule has 4 nitrogen and oxygen atoms in total. The maximum absolute atomic E-state index is 11.6. The van der Waals surface area contributed by atoms with Crippen LogP contribution in [0.5, 0.6) is 0 Å². The molecule has 17 heavy (non-hydrogen) atoms. The summed E-state index contributed by atoms with van der Waals surface area (Å²) in [7, 11) is 1.65. The lowest BCUT2D eigenvalue weighted by Crippen LogP contribution is -2.39. The lowest BCUT2D eigenvalue weighted by Gasteiger charge is -2.23. The van der Waals surface area contributed by atoms with Gasteiger partial charge in [0, 0.05) is 25.0 Å². The van der Waals surface area contributed by atoms with E-state index in [1.165, 1.54) is 0 Å². The molecule has 0 heterocycles. The van der Waals surface area contributed by atoms with Gasteiger partial charge < -0.3 is 16.4 Å². The van der Waals surface area contributed by atoms with E-state index in [1.807, 2.05) is 39.0 Å². The van der Waals surface area contributed by atoms with Crippen LogP contribution in [-0.2, 0) is 4.79 Å². The summed E-state index contributed by atoms with van der Waals surface area (Å²) < 4.78 is 0. The molecule has 1 amide bonds. The highest BCUT2D eigenvalue weighted by molar-refractivity contribution is 5.82. The van der Waals surface area contributed by atoms with Crippen LogP contribution in [0.3, 0.4) is 0 Å². The molecule has 0 aromatic heterocycles. The van der Waals surface area contributed by atoms with E-state index >= 15 is 0 Å². The van der Waals surface area contributed by atoms with Crippen LogP contribution in [0.2, 0.25) is 0 Å². The highest BCUT2D eigenvalue weighted by Gasteiger charge is 2.26. The molecule has 0 spiro atoms. The van der Waals surface area contributed by atoms with Gasteiger partial charge >= 0.3 is 0 Å².